The van der Waals surface area contributed by atoms with Gasteiger partial charge < -0.3 is 81.0 Å². The summed E-state index contributed by atoms with van der Waals surface area (Å²) in [5.74, 6) is -5.09. The van der Waals surface area contributed by atoms with Crippen LogP contribution in [0.2, 0.25) is 0 Å². The van der Waals surface area contributed by atoms with Gasteiger partial charge in [0.15, 0.2) is 5.82 Å². The molecule has 0 spiro atoms. The molecule has 8 amide bonds. The van der Waals surface area contributed by atoms with E-state index in [4.69, 9.17) is 43.7 Å². The molecule has 1 rings (SSSR count). The summed E-state index contributed by atoms with van der Waals surface area (Å²) >= 11 is 0. The van der Waals surface area contributed by atoms with Crippen LogP contribution in [-0.2, 0) is 87.6 Å². The largest absolute Gasteiger partial charge is 0.480 e. The van der Waals surface area contributed by atoms with Crippen LogP contribution < -0.4 is 37.6 Å². The van der Waals surface area contributed by atoms with Crippen LogP contribution >= 0.6 is 0 Å². The first kappa shape index (κ1) is 74.0. The minimum Gasteiger partial charge on any atom is -0.480 e. The molecule has 0 aliphatic rings. The van der Waals surface area contributed by atoms with E-state index in [-0.39, 0.29) is 136 Å². The lowest BCUT2D eigenvalue weighted by Crippen LogP contribution is -2.54. The Labute approximate surface area is 479 Å². The van der Waals surface area contributed by atoms with Gasteiger partial charge in [0, 0.05) is 52.4 Å². The number of aromatic nitrogens is 4. The summed E-state index contributed by atoms with van der Waals surface area (Å²) in [5.41, 5.74) is 5.02. The second kappa shape index (κ2) is 51.8. The van der Waals surface area contributed by atoms with Gasteiger partial charge in [0.2, 0.25) is 47.3 Å². The van der Waals surface area contributed by atoms with Crippen LogP contribution in [-0.4, -0.2) is 240 Å². The molecule has 0 bridgehead atoms. The molecule has 1 aromatic rings. The number of hydrogen-bond acceptors (Lipinski definition) is 21. The van der Waals surface area contributed by atoms with E-state index in [1.165, 1.54) is 57.8 Å². The Kier molecular flexibility index (Phi) is 46.7. The summed E-state index contributed by atoms with van der Waals surface area (Å²) in [7, 11) is 0. The quantitative estimate of drug-likeness (QED) is 0.0246. The number of primary amides is 1. The molecule has 470 valence electrons. The maximum Gasteiger partial charge on any atom is 0.326 e. The number of unbranched alkanes of at least 4 members (excludes halogenated alkanes) is 12. The summed E-state index contributed by atoms with van der Waals surface area (Å²) in [6, 6.07) is -3.08. The van der Waals surface area contributed by atoms with Crippen LogP contribution in [0.4, 0.5) is 0 Å². The van der Waals surface area contributed by atoms with E-state index in [1.807, 2.05) is 0 Å². The van der Waals surface area contributed by atoms with Gasteiger partial charge in [-0.25, -0.2) is 9.86 Å². The first-order chi connectivity index (χ1) is 39.7. The highest BCUT2D eigenvalue weighted by Crippen LogP contribution is 2.13. The molecule has 0 radical (unpaired) electrons. The van der Waals surface area contributed by atoms with Crippen molar-refractivity contribution in [2.24, 2.45) is 5.73 Å². The number of tetrazole rings is 1. The highest BCUT2D eigenvalue weighted by molar-refractivity contribution is 5.92. The lowest BCUT2D eigenvalue weighted by Gasteiger charge is -2.23. The third-order valence-electron chi connectivity index (χ3n) is 11.5. The number of hydrogen-bond donors (Lipinski definition) is 10. The van der Waals surface area contributed by atoms with Crippen molar-refractivity contribution in [1.29, 1.82) is 0 Å². The number of nitrogens with zero attached hydrogens (tertiary/aromatic N) is 4. The number of carboxylic acids is 1. The number of H-pyrrole nitrogens is 1. The van der Waals surface area contributed by atoms with Crippen LogP contribution in [0.25, 0.3) is 0 Å². The average molecular weight is 1180 g/mol. The molecule has 82 heavy (non-hydrogen) atoms. The van der Waals surface area contributed by atoms with Crippen LogP contribution in [0.3, 0.4) is 0 Å². The number of rotatable bonds is 57. The monoisotopic (exact) mass is 1180 g/mol. The van der Waals surface area contributed by atoms with Gasteiger partial charge in [0.1, 0.15) is 38.4 Å². The summed E-state index contributed by atoms with van der Waals surface area (Å²) in [6.45, 7) is 1.92. The number of aryl methyl sites for hydroxylation is 1. The van der Waals surface area contributed by atoms with Crippen molar-refractivity contribution in [3.63, 3.8) is 0 Å². The molecule has 0 saturated carbocycles. The van der Waals surface area contributed by atoms with E-state index in [2.05, 4.69) is 52.5 Å². The zero-order chi connectivity index (χ0) is 60.1. The van der Waals surface area contributed by atoms with Gasteiger partial charge in [-0.2, -0.15) is 5.21 Å². The lowest BCUT2D eigenvalue weighted by molar-refractivity contribution is -0.190. The number of nitrogens with one attached hydrogen (secondary N) is 7. The van der Waals surface area contributed by atoms with E-state index in [0.29, 0.717) is 31.2 Å². The Balaban J connectivity index is 1.86. The van der Waals surface area contributed by atoms with E-state index in [1.54, 1.807) is 0 Å². The topological polar surface area (TPSA) is 424 Å². The van der Waals surface area contributed by atoms with Crippen molar-refractivity contribution in [1.82, 2.24) is 57.6 Å². The number of nitrogens with two attached hydrogens (primary N) is 1. The van der Waals surface area contributed by atoms with E-state index < -0.39 is 60.7 Å². The standard InChI is InChI=1S/C51H92N12O19/c1-40(65)63(35-46(68)57-42(36-64)50(72)58-41(51(73)74)17-18-43(52)66)82-34-33-78-26-22-56-49(71)39-81-32-29-77-25-21-55-48(70)38-80-31-28-76-24-20-54-47(69)37-79-30-27-75-23-19-53-45(67)16-14-12-10-8-6-4-2-3-5-7-9-11-13-15-44-59-61-62-60-44/h41-42,64H,2-39H2,1H3,(H2,52,66)(H,53,67)(H,54,69)(H,55,70)(H,56,71)(H,57,68)(H,58,72)(H,73,74)(H,59,60,61,62)/t41-,42-/m0/s1. The van der Waals surface area contributed by atoms with Gasteiger partial charge in [-0.15, -0.1) is 10.2 Å². The molecule has 31 nitrogen and oxygen atoms in total. The van der Waals surface area contributed by atoms with E-state index in [9.17, 15) is 53.4 Å². The number of carbonyl (C=O) groups excluding carboxylic acids is 8. The molecule has 0 unspecified atom stereocenters. The molecule has 0 aliphatic heterocycles. The zero-order valence-electron chi connectivity index (χ0n) is 47.7. The van der Waals surface area contributed by atoms with Crippen molar-refractivity contribution in [3.8, 4) is 0 Å². The SMILES string of the molecule is CC(=O)N(CC(=O)N[C@@H](CO)C(=O)N[C@@H](CCC(N)=O)C(=O)O)OCCOCCNC(=O)COCCOCCNC(=O)COCCOCCNC(=O)COCCOCCNC(=O)CCCCCCCCCCCCCCCc1nn[nH]n1. The fourth-order valence-electron chi connectivity index (χ4n) is 7.19. The van der Waals surface area contributed by atoms with Crippen molar-refractivity contribution in [3.05, 3.63) is 5.82 Å². The van der Waals surface area contributed by atoms with Crippen molar-refractivity contribution in [2.45, 2.75) is 128 Å². The second-order valence-corrected chi connectivity index (χ2v) is 18.5. The number of aliphatic carboxylic acids is 1. The van der Waals surface area contributed by atoms with Crippen LogP contribution in [0.1, 0.15) is 115 Å². The van der Waals surface area contributed by atoms with E-state index >= 15 is 0 Å². The fourth-order valence-corrected chi connectivity index (χ4v) is 7.19. The van der Waals surface area contributed by atoms with Gasteiger partial charge in [-0.05, 0) is 19.3 Å². The molecule has 0 aromatic carbocycles. The Morgan fingerprint density at radius 1 is 0.524 bits per heavy atom. The molecule has 2 atom stereocenters. The normalized spacial score (nSPS) is 11.8. The minimum atomic E-state index is -1.57. The zero-order valence-corrected chi connectivity index (χ0v) is 47.7. The first-order valence-electron chi connectivity index (χ1n) is 28.2. The Morgan fingerprint density at radius 2 is 0.951 bits per heavy atom. The third-order valence-corrected chi connectivity index (χ3v) is 11.5. The van der Waals surface area contributed by atoms with Gasteiger partial charge in [0.25, 0.3) is 0 Å². The van der Waals surface area contributed by atoms with Gasteiger partial charge in [0.05, 0.1) is 85.9 Å². The molecule has 1 aromatic heterocycles. The summed E-state index contributed by atoms with van der Waals surface area (Å²) < 4.78 is 37.5. The molecular weight excluding hydrogens is 1080 g/mol. The lowest BCUT2D eigenvalue weighted by atomic mass is 10.0. The maximum absolute atomic E-state index is 12.5. The molecule has 0 fully saturated rings. The maximum atomic E-state index is 12.5. The molecule has 31 heteroatoms. The number of ether oxygens (including phenoxy) is 7. The predicted octanol–water partition coefficient (Wildman–Crippen LogP) is -2.12. The van der Waals surface area contributed by atoms with Gasteiger partial charge in [-0.3, -0.25) is 43.2 Å². The fraction of sp³-hybridized carbons (Fsp3) is 0.804. The summed E-state index contributed by atoms with van der Waals surface area (Å²) in [5, 5.41) is 48.6. The summed E-state index contributed by atoms with van der Waals surface area (Å²) in [4.78, 5) is 113. The molecule has 1 heterocycles. The molecule has 11 N–H and O–H groups in total. The number of carbonyl (C=O) groups is 9. The average Bonchev–Trinajstić information content (AvgIpc) is 3.98. The molecule has 0 aliphatic carbocycles. The highest BCUT2D eigenvalue weighted by atomic mass is 16.7. The minimum absolute atomic E-state index is 0.0309. The van der Waals surface area contributed by atoms with Crippen LogP contribution in [0, 0.1) is 0 Å². The van der Waals surface area contributed by atoms with E-state index in [0.717, 1.165) is 44.9 Å². The number of aliphatic hydroxyl groups is 1. The van der Waals surface area contributed by atoms with Gasteiger partial charge >= 0.3 is 5.97 Å². The van der Waals surface area contributed by atoms with Crippen LogP contribution in [0.15, 0.2) is 0 Å². The second-order valence-electron chi connectivity index (χ2n) is 18.5. The number of carboxylic acid groups (broad SMARTS) is 1. The Bertz CT molecular complexity index is 1890. The number of hydroxylamine groups is 2. The summed E-state index contributed by atoms with van der Waals surface area (Å²) in [6.07, 6.45) is 16.4. The third kappa shape index (κ3) is 45.5. The predicted molar refractivity (Wildman–Crippen MR) is 291 cm³/mol. The molecule has 0 saturated heterocycles. The van der Waals surface area contributed by atoms with Crippen molar-refractivity contribution in [2.75, 3.05) is 138 Å². The van der Waals surface area contributed by atoms with Crippen molar-refractivity contribution < 1.29 is 91.4 Å². The van der Waals surface area contributed by atoms with Gasteiger partial charge in [-0.1, -0.05) is 75.8 Å². The Hall–Kier alpha value is -6.06. The molecular formula is C51H92N12O19. The van der Waals surface area contributed by atoms with Crippen LogP contribution in [0.5, 0.6) is 0 Å². The highest BCUT2D eigenvalue weighted by Gasteiger charge is 2.27. The Morgan fingerprint density at radius 3 is 1.37 bits per heavy atom. The smallest absolute Gasteiger partial charge is 0.326 e. The number of aromatic amines is 1. The number of aliphatic hydroxyl groups excluding tert-OH is 1. The number of amides is 8. The van der Waals surface area contributed by atoms with Crippen molar-refractivity contribution >= 4 is 53.2 Å². The first-order valence-corrected chi connectivity index (χ1v) is 28.2.